The normalized spacial score (nSPS) is 14.8. The SMILES string of the molecule is CN=C(NCCc1ccccc1F)NCCN1CCc2ccccc2C1. The lowest BCUT2D eigenvalue weighted by Gasteiger charge is -2.28. The summed E-state index contributed by atoms with van der Waals surface area (Å²) in [6, 6.07) is 15.6. The second-order valence-corrected chi connectivity index (χ2v) is 6.56. The van der Waals surface area contributed by atoms with Crippen molar-refractivity contribution in [1.29, 1.82) is 0 Å². The fraction of sp³-hybridized carbons (Fsp3) is 0.381. The number of rotatable bonds is 6. The Morgan fingerprint density at radius 3 is 2.58 bits per heavy atom. The van der Waals surface area contributed by atoms with Gasteiger partial charge in [-0.05, 0) is 35.6 Å². The standard InChI is InChI=1S/C21H27FN4/c1-23-21(24-12-10-18-7-4-5-9-20(18)22)25-13-15-26-14-11-17-6-2-3-8-19(17)16-26/h2-9H,10-16H2,1H3,(H2,23,24,25). The lowest BCUT2D eigenvalue weighted by molar-refractivity contribution is 0.258. The van der Waals surface area contributed by atoms with Crippen LogP contribution in [0, 0.1) is 5.82 Å². The van der Waals surface area contributed by atoms with Gasteiger partial charge in [-0.15, -0.1) is 0 Å². The number of nitrogens with zero attached hydrogens (tertiary/aromatic N) is 2. The maximum atomic E-state index is 13.6. The van der Waals surface area contributed by atoms with Gasteiger partial charge in [-0.25, -0.2) is 4.39 Å². The van der Waals surface area contributed by atoms with Gasteiger partial charge in [-0.3, -0.25) is 9.89 Å². The smallest absolute Gasteiger partial charge is 0.191 e. The molecule has 0 saturated carbocycles. The highest BCUT2D eigenvalue weighted by atomic mass is 19.1. The van der Waals surface area contributed by atoms with E-state index in [-0.39, 0.29) is 5.82 Å². The first-order valence-electron chi connectivity index (χ1n) is 9.23. The Hall–Kier alpha value is -2.40. The topological polar surface area (TPSA) is 39.7 Å². The van der Waals surface area contributed by atoms with E-state index in [1.54, 1.807) is 13.1 Å². The molecule has 138 valence electrons. The molecule has 2 aromatic carbocycles. The van der Waals surface area contributed by atoms with E-state index in [0.29, 0.717) is 13.0 Å². The predicted octanol–water partition coefficient (Wildman–Crippen LogP) is 2.59. The highest BCUT2D eigenvalue weighted by molar-refractivity contribution is 5.79. The second kappa shape index (κ2) is 9.34. The highest BCUT2D eigenvalue weighted by Crippen LogP contribution is 2.17. The summed E-state index contributed by atoms with van der Waals surface area (Å²) >= 11 is 0. The summed E-state index contributed by atoms with van der Waals surface area (Å²) in [4.78, 5) is 6.70. The summed E-state index contributed by atoms with van der Waals surface area (Å²) in [5, 5.41) is 6.60. The van der Waals surface area contributed by atoms with E-state index in [4.69, 9.17) is 0 Å². The van der Waals surface area contributed by atoms with Crippen LogP contribution in [-0.2, 0) is 19.4 Å². The molecular weight excluding hydrogens is 327 g/mol. The van der Waals surface area contributed by atoms with Crippen molar-refractivity contribution in [2.24, 2.45) is 4.99 Å². The molecule has 1 heterocycles. The summed E-state index contributed by atoms with van der Waals surface area (Å²) < 4.78 is 13.6. The van der Waals surface area contributed by atoms with Crippen LogP contribution >= 0.6 is 0 Å². The second-order valence-electron chi connectivity index (χ2n) is 6.56. The van der Waals surface area contributed by atoms with E-state index in [2.05, 4.69) is 44.8 Å². The van der Waals surface area contributed by atoms with Gasteiger partial charge in [0.05, 0.1) is 0 Å². The maximum absolute atomic E-state index is 13.6. The average molecular weight is 354 g/mol. The van der Waals surface area contributed by atoms with Crippen LogP contribution in [0.3, 0.4) is 0 Å². The minimum absolute atomic E-state index is 0.150. The molecule has 0 bridgehead atoms. The number of aliphatic imine (C=N–C) groups is 1. The van der Waals surface area contributed by atoms with Crippen LogP contribution in [0.1, 0.15) is 16.7 Å². The Morgan fingerprint density at radius 2 is 1.77 bits per heavy atom. The molecule has 0 radical (unpaired) electrons. The fourth-order valence-electron chi connectivity index (χ4n) is 3.31. The lowest BCUT2D eigenvalue weighted by Crippen LogP contribution is -2.43. The molecule has 0 spiro atoms. The van der Waals surface area contributed by atoms with Crippen LogP contribution in [0.25, 0.3) is 0 Å². The molecular formula is C21H27FN4. The van der Waals surface area contributed by atoms with Gasteiger partial charge in [-0.1, -0.05) is 42.5 Å². The third-order valence-electron chi connectivity index (χ3n) is 4.80. The Kier molecular flexibility index (Phi) is 6.61. The van der Waals surface area contributed by atoms with Crippen LogP contribution in [0.4, 0.5) is 4.39 Å². The Balaban J connectivity index is 1.38. The van der Waals surface area contributed by atoms with Gasteiger partial charge >= 0.3 is 0 Å². The molecule has 2 aromatic rings. The lowest BCUT2D eigenvalue weighted by atomic mass is 10.00. The molecule has 2 N–H and O–H groups in total. The quantitative estimate of drug-likeness (QED) is 0.619. The van der Waals surface area contributed by atoms with Crippen molar-refractivity contribution in [2.45, 2.75) is 19.4 Å². The molecule has 0 amide bonds. The molecule has 0 aliphatic carbocycles. The zero-order chi connectivity index (χ0) is 18.2. The Labute approximate surface area is 155 Å². The fourth-order valence-corrected chi connectivity index (χ4v) is 3.31. The van der Waals surface area contributed by atoms with E-state index in [0.717, 1.165) is 44.1 Å². The maximum Gasteiger partial charge on any atom is 0.191 e. The largest absolute Gasteiger partial charge is 0.356 e. The summed E-state index contributed by atoms with van der Waals surface area (Å²) in [6.07, 6.45) is 1.75. The van der Waals surface area contributed by atoms with Crippen molar-refractivity contribution < 1.29 is 4.39 Å². The van der Waals surface area contributed by atoms with E-state index < -0.39 is 0 Å². The summed E-state index contributed by atoms with van der Waals surface area (Å²) in [7, 11) is 1.76. The van der Waals surface area contributed by atoms with Crippen LogP contribution < -0.4 is 10.6 Å². The first-order valence-corrected chi connectivity index (χ1v) is 9.23. The van der Waals surface area contributed by atoms with Crippen molar-refractivity contribution in [1.82, 2.24) is 15.5 Å². The first kappa shape index (κ1) is 18.4. The van der Waals surface area contributed by atoms with E-state index >= 15 is 0 Å². The molecule has 0 atom stereocenters. The van der Waals surface area contributed by atoms with Gasteiger partial charge in [0.1, 0.15) is 5.82 Å². The zero-order valence-corrected chi connectivity index (χ0v) is 15.3. The molecule has 0 unspecified atom stereocenters. The number of halogens is 1. The number of guanidine groups is 1. The molecule has 0 aromatic heterocycles. The monoisotopic (exact) mass is 354 g/mol. The Morgan fingerprint density at radius 1 is 1.04 bits per heavy atom. The molecule has 26 heavy (non-hydrogen) atoms. The average Bonchev–Trinajstić information content (AvgIpc) is 2.68. The number of benzene rings is 2. The van der Waals surface area contributed by atoms with Crippen LogP contribution in [0.2, 0.25) is 0 Å². The number of hydrogen-bond acceptors (Lipinski definition) is 2. The summed E-state index contributed by atoms with van der Waals surface area (Å²) in [6.45, 7) is 4.57. The van der Waals surface area contributed by atoms with Crippen molar-refractivity contribution in [3.05, 3.63) is 71.0 Å². The van der Waals surface area contributed by atoms with Crippen molar-refractivity contribution in [3.8, 4) is 0 Å². The van der Waals surface area contributed by atoms with Crippen LogP contribution in [-0.4, -0.2) is 44.1 Å². The predicted molar refractivity (Wildman–Crippen MR) is 105 cm³/mol. The van der Waals surface area contributed by atoms with Gasteiger partial charge in [-0.2, -0.15) is 0 Å². The van der Waals surface area contributed by atoms with Gasteiger partial charge < -0.3 is 10.6 Å². The molecule has 0 saturated heterocycles. The minimum Gasteiger partial charge on any atom is -0.356 e. The molecule has 3 rings (SSSR count). The number of fused-ring (bicyclic) bond motifs is 1. The number of hydrogen-bond donors (Lipinski definition) is 2. The van der Waals surface area contributed by atoms with Crippen LogP contribution in [0.15, 0.2) is 53.5 Å². The molecule has 1 aliphatic rings. The van der Waals surface area contributed by atoms with Crippen molar-refractivity contribution >= 4 is 5.96 Å². The van der Waals surface area contributed by atoms with E-state index in [1.807, 2.05) is 12.1 Å². The zero-order valence-electron chi connectivity index (χ0n) is 15.3. The molecule has 1 aliphatic heterocycles. The summed E-state index contributed by atoms with van der Waals surface area (Å²) in [5.41, 5.74) is 3.64. The third kappa shape index (κ3) is 5.05. The summed E-state index contributed by atoms with van der Waals surface area (Å²) in [5.74, 6) is 0.612. The van der Waals surface area contributed by atoms with Crippen molar-refractivity contribution in [3.63, 3.8) is 0 Å². The molecule has 5 heteroatoms. The highest BCUT2D eigenvalue weighted by Gasteiger charge is 2.15. The molecule has 0 fully saturated rings. The van der Waals surface area contributed by atoms with E-state index in [1.165, 1.54) is 17.2 Å². The van der Waals surface area contributed by atoms with Gasteiger partial charge in [0.15, 0.2) is 5.96 Å². The van der Waals surface area contributed by atoms with Crippen molar-refractivity contribution in [2.75, 3.05) is 33.2 Å². The van der Waals surface area contributed by atoms with E-state index in [9.17, 15) is 4.39 Å². The Bertz CT molecular complexity index is 744. The minimum atomic E-state index is -0.150. The molecule has 4 nitrogen and oxygen atoms in total. The van der Waals surface area contributed by atoms with Gasteiger partial charge in [0.25, 0.3) is 0 Å². The third-order valence-corrected chi connectivity index (χ3v) is 4.80. The van der Waals surface area contributed by atoms with Gasteiger partial charge in [0, 0.05) is 39.8 Å². The first-order chi connectivity index (χ1) is 12.8. The van der Waals surface area contributed by atoms with Crippen LogP contribution in [0.5, 0.6) is 0 Å². The number of nitrogens with one attached hydrogen (secondary N) is 2. The van der Waals surface area contributed by atoms with Gasteiger partial charge in [0.2, 0.25) is 0 Å².